The van der Waals surface area contributed by atoms with Crippen molar-refractivity contribution in [3.8, 4) is 11.8 Å². The van der Waals surface area contributed by atoms with Gasteiger partial charge < -0.3 is 14.6 Å². The van der Waals surface area contributed by atoms with E-state index in [-0.39, 0.29) is 16.7 Å². The zero-order valence-corrected chi connectivity index (χ0v) is 19.0. The minimum absolute atomic E-state index is 0.224. The Morgan fingerprint density at radius 3 is 2.85 bits per heavy atom. The molecule has 0 bridgehead atoms. The van der Waals surface area contributed by atoms with Crippen molar-refractivity contribution in [2.45, 2.75) is 43.9 Å². The fourth-order valence-corrected chi connectivity index (χ4v) is 5.05. The number of ether oxygens (including phenoxy) is 1. The lowest BCUT2D eigenvalue weighted by molar-refractivity contribution is 0.102. The van der Waals surface area contributed by atoms with Crippen LogP contribution >= 0.6 is 0 Å². The third-order valence-corrected chi connectivity index (χ3v) is 6.79. The molecule has 0 radical (unpaired) electrons. The lowest BCUT2D eigenvalue weighted by Gasteiger charge is -2.46. The molecule has 3 heterocycles. The first kappa shape index (κ1) is 21.1. The van der Waals surface area contributed by atoms with Crippen LogP contribution in [0.3, 0.4) is 0 Å². The lowest BCUT2D eigenvalue weighted by Crippen LogP contribution is -2.44. The van der Waals surface area contributed by atoms with E-state index < -0.39 is 0 Å². The van der Waals surface area contributed by atoms with Gasteiger partial charge >= 0.3 is 0 Å². The number of pyridine rings is 1. The molecule has 3 aromatic rings. The molecule has 8 nitrogen and oxygen atoms in total. The number of nitriles is 1. The van der Waals surface area contributed by atoms with Gasteiger partial charge in [0.05, 0.1) is 23.8 Å². The Morgan fingerprint density at radius 1 is 1.30 bits per heavy atom. The van der Waals surface area contributed by atoms with E-state index in [1.54, 1.807) is 12.4 Å². The number of aromatic nitrogens is 4. The van der Waals surface area contributed by atoms with E-state index in [1.807, 2.05) is 35.9 Å². The van der Waals surface area contributed by atoms with Crippen LogP contribution in [0, 0.1) is 17.2 Å². The Morgan fingerprint density at radius 2 is 2.12 bits per heavy atom. The number of rotatable bonds is 5. The zero-order chi connectivity index (χ0) is 23.2. The summed E-state index contributed by atoms with van der Waals surface area (Å²) in [6, 6.07) is 13.7. The highest BCUT2D eigenvalue weighted by molar-refractivity contribution is 6.03. The van der Waals surface area contributed by atoms with Gasteiger partial charge in [-0.25, -0.2) is 4.98 Å². The minimum Gasteiger partial charge on any atom is -0.491 e. The number of fused-ring (bicyclic) bond motifs is 1. The van der Waals surface area contributed by atoms with Crippen molar-refractivity contribution in [2.24, 2.45) is 13.0 Å². The van der Waals surface area contributed by atoms with Crippen LogP contribution in [-0.4, -0.2) is 32.3 Å². The normalized spacial score (nSPS) is 22.5. The molecule has 1 saturated carbocycles. The molecule has 1 amide bonds. The van der Waals surface area contributed by atoms with Gasteiger partial charge in [-0.1, -0.05) is 26.0 Å². The molecule has 5 rings (SSSR count). The molecule has 2 aromatic heterocycles. The van der Waals surface area contributed by atoms with Gasteiger partial charge in [-0.05, 0) is 48.6 Å². The van der Waals surface area contributed by atoms with Crippen LogP contribution in [-0.2, 0) is 17.9 Å². The number of benzene rings is 1. The van der Waals surface area contributed by atoms with E-state index in [9.17, 15) is 4.79 Å². The summed E-state index contributed by atoms with van der Waals surface area (Å²) in [6.07, 6.45) is 3.88. The van der Waals surface area contributed by atoms with Crippen molar-refractivity contribution in [1.82, 2.24) is 19.7 Å². The van der Waals surface area contributed by atoms with Crippen LogP contribution in [0.4, 0.5) is 5.69 Å². The maximum Gasteiger partial charge on any atom is 0.274 e. The molecular weight excluding hydrogens is 416 g/mol. The summed E-state index contributed by atoms with van der Waals surface area (Å²) in [4.78, 5) is 17.6. The van der Waals surface area contributed by atoms with Crippen molar-refractivity contribution >= 4 is 11.6 Å². The molecule has 2 aliphatic rings. The summed E-state index contributed by atoms with van der Waals surface area (Å²) in [5.41, 5.74) is 2.38. The number of nitrogens with zero attached hydrogens (tertiary/aromatic N) is 5. The van der Waals surface area contributed by atoms with Gasteiger partial charge in [0.25, 0.3) is 5.91 Å². The molecule has 0 spiro atoms. The highest BCUT2D eigenvalue weighted by Gasteiger charge is 2.49. The van der Waals surface area contributed by atoms with E-state index in [1.165, 1.54) is 0 Å². The van der Waals surface area contributed by atoms with E-state index >= 15 is 0 Å². The first-order valence-corrected chi connectivity index (χ1v) is 11.1. The Balaban J connectivity index is 1.42. The summed E-state index contributed by atoms with van der Waals surface area (Å²) in [5.74, 6) is 1.68. The Kier molecular flexibility index (Phi) is 4.93. The van der Waals surface area contributed by atoms with Crippen LogP contribution in [0.2, 0.25) is 0 Å². The zero-order valence-electron chi connectivity index (χ0n) is 19.0. The quantitative estimate of drug-likeness (QED) is 0.645. The molecule has 8 heteroatoms. The Labute approximate surface area is 192 Å². The topological polar surface area (TPSA) is 106 Å². The number of amides is 1. The standard InChI is InChI=1S/C25H26N6O2/c1-24(2)14-33-20-8-7-19(29-21(20)24)22(32)28-18-6-4-5-17(11-18)25(12-16(13-25)9-10-26)23-30-27-15-31(23)3/h4-8,11,15-16H,9,12-14H2,1-3H3,(H,28,32). The number of carbonyl (C=O) groups excluding carboxylic acids is 1. The third kappa shape index (κ3) is 3.54. The highest BCUT2D eigenvalue weighted by atomic mass is 16.5. The number of hydrogen-bond donors (Lipinski definition) is 1. The van der Waals surface area contributed by atoms with Gasteiger partial charge in [-0.15, -0.1) is 10.2 Å². The van der Waals surface area contributed by atoms with Crippen molar-refractivity contribution < 1.29 is 9.53 Å². The fourth-order valence-electron chi connectivity index (χ4n) is 5.05. The van der Waals surface area contributed by atoms with Crippen LogP contribution in [0.25, 0.3) is 0 Å². The van der Waals surface area contributed by atoms with E-state index in [4.69, 9.17) is 10.00 Å². The second-order valence-corrected chi connectivity index (χ2v) is 9.73. The molecule has 1 fully saturated rings. The summed E-state index contributed by atoms with van der Waals surface area (Å²) in [6.45, 7) is 4.67. The second kappa shape index (κ2) is 7.69. The van der Waals surface area contributed by atoms with Crippen molar-refractivity contribution in [3.05, 3.63) is 65.5 Å². The predicted octanol–water partition coefficient (Wildman–Crippen LogP) is 3.74. The van der Waals surface area contributed by atoms with Crippen molar-refractivity contribution in [1.29, 1.82) is 5.26 Å². The maximum absolute atomic E-state index is 13.0. The van der Waals surface area contributed by atoms with Crippen LogP contribution < -0.4 is 10.1 Å². The summed E-state index contributed by atoms with van der Waals surface area (Å²) < 4.78 is 7.62. The summed E-state index contributed by atoms with van der Waals surface area (Å²) in [7, 11) is 1.94. The number of anilines is 1. The van der Waals surface area contributed by atoms with E-state index in [0.717, 1.165) is 35.7 Å². The smallest absolute Gasteiger partial charge is 0.274 e. The summed E-state index contributed by atoms with van der Waals surface area (Å²) in [5, 5.41) is 20.6. The second-order valence-electron chi connectivity index (χ2n) is 9.73. The average Bonchev–Trinajstić information content (AvgIpc) is 3.33. The molecule has 0 unspecified atom stereocenters. The SMILES string of the molecule is Cn1cnnc1C1(c2cccc(NC(=O)c3ccc4c(n3)C(C)(C)CO4)c2)CC(CC#N)C1. The van der Waals surface area contributed by atoms with Gasteiger partial charge in [0, 0.05) is 24.6 Å². The van der Waals surface area contributed by atoms with E-state index in [0.29, 0.717) is 30.3 Å². The number of aryl methyl sites for hydroxylation is 1. The number of carbonyl (C=O) groups is 1. The van der Waals surface area contributed by atoms with Gasteiger partial charge in [0.1, 0.15) is 23.6 Å². The molecule has 1 aliphatic carbocycles. The van der Waals surface area contributed by atoms with Gasteiger partial charge in [0.2, 0.25) is 0 Å². The largest absolute Gasteiger partial charge is 0.491 e. The molecule has 0 saturated heterocycles. The predicted molar refractivity (Wildman–Crippen MR) is 122 cm³/mol. The lowest BCUT2D eigenvalue weighted by atomic mass is 9.57. The molecule has 1 aliphatic heterocycles. The molecule has 33 heavy (non-hydrogen) atoms. The molecule has 0 atom stereocenters. The summed E-state index contributed by atoms with van der Waals surface area (Å²) >= 11 is 0. The monoisotopic (exact) mass is 442 g/mol. The molecule has 1 aromatic carbocycles. The maximum atomic E-state index is 13.0. The molecular formula is C25H26N6O2. The Bertz CT molecular complexity index is 1270. The van der Waals surface area contributed by atoms with Gasteiger partial charge in [-0.2, -0.15) is 5.26 Å². The van der Waals surface area contributed by atoms with Crippen LogP contribution in [0.1, 0.15) is 60.7 Å². The van der Waals surface area contributed by atoms with Gasteiger partial charge in [0.15, 0.2) is 0 Å². The first-order valence-electron chi connectivity index (χ1n) is 11.1. The highest BCUT2D eigenvalue weighted by Crippen LogP contribution is 2.53. The third-order valence-electron chi connectivity index (χ3n) is 6.79. The van der Waals surface area contributed by atoms with Crippen molar-refractivity contribution in [3.63, 3.8) is 0 Å². The van der Waals surface area contributed by atoms with Crippen LogP contribution in [0.15, 0.2) is 42.7 Å². The molecule has 1 N–H and O–H groups in total. The fraction of sp³-hybridized carbons (Fsp3) is 0.400. The first-order chi connectivity index (χ1) is 15.8. The molecule has 168 valence electrons. The average molecular weight is 443 g/mol. The van der Waals surface area contributed by atoms with Crippen LogP contribution in [0.5, 0.6) is 5.75 Å². The Hall–Kier alpha value is -3.73. The van der Waals surface area contributed by atoms with Gasteiger partial charge in [-0.3, -0.25) is 4.79 Å². The van der Waals surface area contributed by atoms with E-state index in [2.05, 4.69) is 46.5 Å². The minimum atomic E-state index is -0.319. The van der Waals surface area contributed by atoms with Crippen molar-refractivity contribution in [2.75, 3.05) is 11.9 Å². The number of nitrogens with one attached hydrogen (secondary N) is 1. The number of hydrogen-bond acceptors (Lipinski definition) is 6.